The Labute approximate surface area is 136 Å². The van der Waals surface area contributed by atoms with Crippen molar-refractivity contribution in [2.24, 2.45) is 0 Å². The zero-order valence-corrected chi connectivity index (χ0v) is 13.9. The molecule has 0 atom stereocenters. The van der Waals surface area contributed by atoms with E-state index in [4.69, 9.17) is 4.74 Å². The lowest BCUT2D eigenvalue weighted by molar-refractivity contribution is 0.101. The first-order chi connectivity index (χ1) is 10.9. The molecule has 0 aliphatic heterocycles. The second-order valence-electron chi connectivity index (χ2n) is 5.05. The smallest absolute Gasteiger partial charge is 0.240 e. The number of ether oxygens (including phenoxy) is 1. The summed E-state index contributed by atoms with van der Waals surface area (Å²) in [5, 5.41) is 0. The summed E-state index contributed by atoms with van der Waals surface area (Å²) < 4.78 is 31.5. The van der Waals surface area contributed by atoms with Crippen LogP contribution >= 0.6 is 0 Å². The van der Waals surface area contributed by atoms with Crippen LogP contribution in [0.1, 0.15) is 17.3 Å². The topological polar surface area (TPSA) is 72.5 Å². The average Bonchev–Trinajstić information content (AvgIpc) is 2.55. The van der Waals surface area contributed by atoms with Crippen LogP contribution in [0.15, 0.2) is 53.4 Å². The van der Waals surface area contributed by atoms with Crippen molar-refractivity contribution in [2.45, 2.75) is 11.8 Å². The van der Waals surface area contributed by atoms with Crippen molar-refractivity contribution in [3.63, 3.8) is 0 Å². The Kier molecular flexibility index (Phi) is 5.65. The highest BCUT2D eigenvalue weighted by molar-refractivity contribution is 7.89. The van der Waals surface area contributed by atoms with E-state index in [1.165, 1.54) is 14.0 Å². The van der Waals surface area contributed by atoms with E-state index in [2.05, 4.69) is 4.72 Å². The predicted molar refractivity (Wildman–Crippen MR) is 88.9 cm³/mol. The quantitative estimate of drug-likeness (QED) is 0.624. The zero-order valence-electron chi connectivity index (χ0n) is 13.1. The van der Waals surface area contributed by atoms with Gasteiger partial charge in [0.05, 0.1) is 11.5 Å². The molecule has 2 rings (SSSR count). The van der Waals surface area contributed by atoms with Gasteiger partial charge >= 0.3 is 0 Å². The minimum Gasteiger partial charge on any atom is -0.383 e. The molecule has 0 heterocycles. The van der Waals surface area contributed by atoms with Crippen LogP contribution < -0.4 is 4.72 Å². The van der Waals surface area contributed by atoms with Crippen LogP contribution in [0.25, 0.3) is 11.1 Å². The van der Waals surface area contributed by atoms with Crippen molar-refractivity contribution in [3.05, 3.63) is 54.1 Å². The SMILES string of the molecule is COCCNS(=O)(=O)c1ccc(-c2cccc(C(C)=O)c2)cc1. The first-order valence-electron chi connectivity index (χ1n) is 7.14. The highest BCUT2D eigenvalue weighted by atomic mass is 32.2. The molecule has 1 N–H and O–H groups in total. The minimum atomic E-state index is -3.54. The summed E-state index contributed by atoms with van der Waals surface area (Å²) in [7, 11) is -2.03. The molecule has 6 heteroatoms. The molecule has 2 aromatic rings. The number of nitrogens with one attached hydrogen (secondary N) is 1. The number of carbonyl (C=O) groups excluding carboxylic acids is 1. The molecule has 0 amide bonds. The first kappa shape index (κ1) is 17.3. The zero-order chi connectivity index (χ0) is 16.9. The Hall–Kier alpha value is -2.02. The molecule has 122 valence electrons. The number of sulfonamides is 1. The number of benzene rings is 2. The number of hydrogen-bond donors (Lipinski definition) is 1. The fraction of sp³-hybridized carbons (Fsp3) is 0.235. The maximum absolute atomic E-state index is 12.1. The summed E-state index contributed by atoms with van der Waals surface area (Å²) in [5.74, 6) is -0.00612. The molecule has 0 radical (unpaired) electrons. The molecule has 0 saturated carbocycles. The first-order valence-corrected chi connectivity index (χ1v) is 8.62. The Bertz CT molecular complexity index is 782. The molecular weight excluding hydrogens is 314 g/mol. The van der Waals surface area contributed by atoms with Crippen molar-refractivity contribution in [1.82, 2.24) is 4.72 Å². The van der Waals surface area contributed by atoms with Gasteiger partial charge in [0.25, 0.3) is 0 Å². The molecular formula is C17H19NO4S. The molecule has 0 aromatic heterocycles. The summed E-state index contributed by atoms with van der Waals surface area (Å²) >= 11 is 0. The number of hydrogen-bond acceptors (Lipinski definition) is 4. The van der Waals surface area contributed by atoms with Gasteiger partial charge in [0.1, 0.15) is 0 Å². The molecule has 5 nitrogen and oxygen atoms in total. The van der Waals surface area contributed by atoms with E-state index in [0.717, 1.165) is 11.1 Å². The van der Waals surface area contributed by atoms with Crippen LogP contribution in [0.3, 0.4) is 0 Å². The van der Waals surface area contributed by atoms with Gasteiger partial charge in [-0.1, -0.05) is 30.3 Å². The molecule has 23 heavy (non-hydrogen) atoms. The van der Waals surface area contributed by atoms with Crippen molar-refractivity contribution in [2.75, 3.05) is 20.3 Å². The number of Topliss-reactive ketones (excluding diaryl/α,β-unsaturated/α-hetero) is 1. The normalized spacial score (nSPS) is 11.4. The van der Waals surface area contributed by atoms with Gasteiger partial charge in [-0.2, -0.15) is 0 Å². The minimum absolute atomic E-state index is 0.00612. The van der Waals surface area contributed by atoms with Gasteiger partial charge in [0, 0.05) is 19.2 Å². The molecule has 0 unspecified atom stereocenters. The largest absolute Gasteiger partial charge is 0.383 e. The van der Waals surface area contributed by atoms with Crippen molar-refractivity contribution in [1.29, 1.82) is 0 Å². The lowest BCUT2D eigenvalue weighted by Crippen LogP contribution is -2.27. The van der Waals surface area contributed by atoms with Gasteiger partial charge in [0.2, 0.25) is 10.0 Å². The fourth-order valence-electron chi connectivity index (χ4n) is 2.11. The van der Waals surface area contributed by atoms with E-state index in [-0.39, 0.29) is 17.2 Å². The van der Waals surface area contributed by atoms with Gasteiger partial charge in [-0.25, -0.2) is 13.1 Å². The summed E-state index contributed by atoms with van der Waals surface area (Å²) in [4.78, 5) is 11.6. The molecule has 0 spiro atoms. The van der Waals surface area contributed by atoms with Crippen molar-refractivity contribution >= 4 is 15.8 Å². The highest BCUT2D eigenvalue weighted by Crippen LogP contribution is 2.22. The van der Waals surface area contributed by atoms with Crippen LogP contribution in [0.4, 0.5) is 0 Å². The fourth-order valence-corrected chi connectivity index (χ4v) is 3.12. The molecule has 0 aliphatic carbocycles. The predicted octanol–water partition coefficient (Wildman–Crippen LogP) is 2.48. The van der Waals surface area contributed by atoms with E-state index < -0.39 is 10.0 Å². The summed E-state index contributed by atoms with van der Waals surface area (Å²) in [6.45, 7) is 2.05. The third kappa shape index (κ3) is 4.48. The van der Waals surface area contributed by atoms with Gasteiger partial charge in [0.15, 0.2) is 5.78 Å². The summed E-state index contributed by atoms with van der Waals surface area (Å²) in [6.07, 6.45) is 0. The standard InChI is InChI=1S/C17H19NO4S/c1-13(19)15-4-3-5-16(12-15)14-6-8-17(9-7-14)23(20,21)18-10-11-22-2/h3-9,12,18H,10-11H2,1-2H3. The Morgan fingerprint density at radius 1 is 1.09 bits per heavy atom. The summed E-state index contributed by atoms with van der Waals surface area (Å²) in [6, 6.07) is 13.8. The second-order valence-corrected chi connectivity index (χ2v) is 6.82. The van der Waals surface area contributed by atoms with Crippen LogP contribution in [0, 0.1) is 0 Å². The number of methoxy groups -OCH3 is 1. The highest BCUT2D eigenvalue weighted by Gasteiger charge is 2.13. The van der Waals surface area contributed by atoms with E-state index >= 15 is 0 Å². The maximum Gasteiger partial charge on any atom is 0.240 e. The van der Waals surface area contributed by atoms with Gasteiger partial charge in [-0.15, -0.1) is 0 Å². The lowest BCUT2D eigenvalue weighted by Gasteiger charge is -2.08. The molecule has 0 saturated heterocycles. The third-order valence-electron chi connectivity index (χ3n) is 3.37. The monoisotopic (exact) mass is 333 g/mol. The van der Waals surface area contributed by atoms with Gasteiger partial charge in [-0.05, 0) is 36.2 Å². The number of rotatable bonds is 7. The van der Waals surface area contributed by atoms with Crippen LogP contribution in [-0.4, -0.2) is 34.5 Å². The lowest BCUT2D eigenvalue weighted by atomic mass is 10.0. The van der Waals surface area contributed by atoms with Gasteiger partial charge in [-0.3, -0.25) is 4.79 Å². The van der Waals surface area contributed by atoms with E-state index in [9.17, 15) is 13.2 Å². The van der Waals surface area contributed by atoms with Crippen LogP contribution in [-0.2, 0) is 14.8 Å². The molecule has 0 fully saturated rings. The Balaban J connectivity index is 2.22. The molecule has 2 aromatic carbocycles. The van der Waals surface area contributed by atoms with Crippen LogP contribution in [0.2, 0.25) is 0 Å². The summed E-state index contributed by atoms with van der Waals surface area (Å²) in [5.41, 5.74) is 2.35. The van der Waals surface area contributed by atoms with E-state index in [1.807, 2.05) is 12.1 Å². The number of ketones is 1. The second kappa shape index (κ2) is 7.50. The molecule has 0 bridgehead atoms. The maximum atomic E-state index is 12.1. The van der Waals surface area contributed by atoms with E-state index in [1.54, 1.807) is 36.4 Å². The third-order valence-corrected chi connectivity index (χ3v) is 4.84. The van der Waals surface area contributed by atoms with E-state index in [0.29, 0.717) is 12.2 Å². The average molecular weight is 333 g/mol. The van der Waals surface area contributed by atoms with Gasteiger partial charge < -0.3 is 4.74 Å². The molecule has 0 aliphatic rings. The Morgan fingerprint density at radius 2 is 1.78 bits per heavy atom. The van der Waals surface area contributed by atoms with Crippen LogP contribution in [0.5, 0.6) is 0 Å². The van der Waals surface area contributed by atoms with Crippen molar-refractivity contribution < 1.29 is 17.9 Å². The van der Waals surface area contributed by atoms with Crippen molar-refractivity contribution in [3.8, 4) is 11.1 Å². The Morgan fingerprint density at radius 3 is 2.39 bits per heavy atom. The number of carbonyl (C=O) groups is 1.